The Bertz CT molecular complexity index is 473. The van der Waals surface area contributed by atoms with Gasteiger partial charge in [-0.3, -0.25) is 0 Å². The first-order chi connectivity index (χ1) is 9.20. The molecule has 0 spiro atoms. The summed E-state index contributed by atoms with van der Waals surface area (Å²) in [6.07, 6.45) is 4.26. The second-order valence-corrected chi connectivity index (χ2v) is 5.74. The van der Waals surface area contributed by atoms with Crippen molar-refractivity contribution < 1.29 is 42.2 Å². The van der Waals surface area contributed by atoms with Crippen molar-refractivity contribution in [2.45, 2.75) is 10.3 Å². The molecule has 1 heterocycles. The Labute approximate surface area is 159 Å². The van der Waals surface area contributed by atoms with Gasteiger partial charge in [-0.05, 0) is 12.1 Å². The largest absolute Gasteiger partial charge is 0.491 e. The first-order valence-electron chi connectivity index (χ1n) is 6.13. The van der Waals surface area contributed by atoms with Gasteiger partial charge in [-0.1, -0.05) is 35.6 Å². The van der Waals surface area contributed by atoms with Crippen LogP contribution in [0.5, 0.6) is 5.75 Å². The first kappa shape index (κ1) is 18.1. The molecule has 1 aromatic carbocycles. The van der Waals surface area contributed by atoms with Gasteiger partial charge in [0.25, 0.3) is 0 Å². The summed E-state index contributed by atoms with van der Waals surface area (Å²) in [5.74, 6) is 0.850. The van der Waals surface area contributed by atoms with E-state index in [0.29, 0.717) is 17.1 Å². The van der Waals surface area contributed by atoms with Crippen LogP contribution < -0.4 is 10.1 Å². The fourth-order valence-electron chi connectivity index (χ4n) is 1.73. The standard InChI is InChI=1S/C15H17INO2.Y/c1-11-14(16)7-8-15(17-11)12-3-5-13(6-4-12)19-10-9-18-2;/h3-6,14,17H,1,7,9-10H2,2H3;/q-1;. The molecule has 105 valence electrons. The number of hydrogen-bond donors (Lipinski definition) is 1. The van der Waals surface area contributed by atoms with E-state index in [-0.39, 0.29) is 32.7 Å². The number of hydrogen-bond acceptors (Lipinski definition) is 3. The Balaban J connectivity index is 0.00000200. The summed E-state index contributed by atoms with van der Waals surface area (Å²) in [6, 6.07) is 7.97. The van der Waals surface area contributed by atoms with Gasteiger partial charge in [-0.15, -0.1) is 17.8 Å². The third-order valence-electron chi connectivity index (χ3n) is 2.82. The Morgan fingerprint density at radius 3 is 2.65 bits per heavy atom. The summed E-state index contributed by atoms with van der Waals surface area (Å²) >= 11 is 2.37. The van der Waals surface area contributed by atoms with Crippen molar-refractivity contribution in [3.05, 3.63) is 48.2 Å². The minimum Gasteiger partial charge on any atom is -0.491 e. The van der Waals surface area contributed by atoms with E-state index >= 15 is 0 Å². The number of allylic oxidation sites excluding steroid dienone is 2. The molecular formula is C15H17INO2Y-. The topological polar surface area (TPSA) is 30.5 Å². The average Bonchev–Trinajstić information content (AvgIpc) is 2.43. The van der Waals surface area contributed by atoms with Gasteiger partial charge in [-0.25, -0.2) is 6.08 Å². The minimum absolute atomic E-state index is 0. The number of ether oxygens (including phenoxy) is 2. The van der Waals surface area contributed by atoms with Crippen molar-refractivity contribution in [2.24, 2.45) is 0 Å². The third-order valence-corrected chi connectivity index (χ3v) is 4.01. The second-order valence-electron chi connectivity index (χ2n) is 4.24. The molecule has 5 heteroatoms. The molecule has 1 N–H and O–H groups in total. The van der Waals surface area contributed by atoms with E-state index in [1.807, 2.05) is 24.3 Å². The van der Waals surface area contributed by atoms with Gasteiger partial charge in [0.1, 0.15) is 12.4 Å². The fourth-order valence-corrected chi connectivity index (χ4v) is 2.11. The molecule has 0 aromatic heterocycles. The van der Waals surface area contributed by atoms with Crippen LogP contribution in [0.15, 0.2) is 36.5 Å². The molecule has 2 rings (SSSR count). The molecule has 3 nitrogen and oxygen atoms in total. The number of halogens is 1. The van der Waals surface area contributed by atoms with Crippen LogP contribution in [0, 0.1) is 6.08 Å². The van der Waals surface area contributed by atoms with E-state index < -0.39 is 0 Å². The zero-order chi connectivity index (χ0) is 13.7. The predicted molar refractivity (Wildman–Crippen MR) is 85.2 cm³/mol. The molecule has 0 saturated heterocycles. The van der Waals surface area contributed by atoms with Crippen LogP contribution in [0.1, 0.15) is 12.0 Å². The van der Waals surface area contributed by atoms with Crippen molar-refractivity contribution in [2.75, 3.05) is 20.3 Å². The maximum Gasteiger partial charge on any atom is 0.116 e. The molecule has 1 aromatic rings. The van der Waals surface area contributed by atoms with Gasteiger partial charge in [0.15, 0.2) is 0 Å². The molecule has 1 atom stereocenters. The van der Waals surface area contributed by atoms with Crippen molar-refractivity contribution in [3.63, 3.8) is 0 Å². The third kappa shape index (κ3) is 5.13. The van der Waals surface area contributed by atoms with Gasteiger partial charge in [0.2, 0.25) is 0 Å². The van der Waals surface area contributed by atoms with Crippen LogP contribution >= 0.6 is 22.6 Å². The van der Waals surface area contributed by atoms with Crippen LogP contribution in [-0.2, 0) is 37.4 Å². The maximum absolute atomic E-state index is 5.53. The number of nitrogens with one attached hydrogen (secondary N) is 1. The molecule has 0 amide bonds. The molecule has 1 aliphatic heterocycles. The van der Waals surface area contributed by atoms with Crippen molar-refractivity contribution in [1.82, 2.24) is 5.32 Å². The van der Waals surface area contributed by atoms with Crippen LogP contribution in [0.25, 0.3) is 5.70 Å². The maximum atomic E-state index is 5.53. The average molecular weight is 459 g/mol. The summed E-state index contributed by atoms with van der Waals surface area (Å²) < 4.78 is 10.9. The Hall–Kier alpha value is 0.0939. The van der Waals surface area contributed by atoms with Crippen molar-refractivity contribution >= 4 is 28.3 Å². The molecule has 0 bridgehead atoms. The molecule has 0 saturated carbocycles. The van der Waals surface area contributed by atoms with Crippen molar-refractivity contribution in [1.29, 1.82) is 0 Å². The van der Waals surface area contributed by atoms with E-state index in [1.165, 1.54) is 0 Å². The normalized spacial score (nSPS) is 17.8. The predicted octanol–water partition coefficient (Wildman–Crippen LogP) is 3.16. The minimum atomic E-state index is 0. The summed E-state index contributed by atoms with van der Waals surface area (Å²) in [7, 11) is 1.66. The van der Waals surface area contributed by atoms with E-state index in [2.05, 4.69) is 40.6 Å². The number of rotatable bonds is 5. The summed E-state index contributed by atoms with van der Waals surface area (Å²) in [5, 5.41) is 3.30. The van der Waals surface area contributed by atoms with E-state index in [9.17, 15) is 0 Å². The number of methoxy groups -OCH3 is 1. The number of benzene rings is 1. The summed E-state index contributed by atoms with van der Waals surface area (Å²) in [5.41, 5.74) is 3.14. The molecule has 20 heavy (non-hydrogen) atoms. The first-order valence-corrected chi connectivity index (χ1v) is 7.38. The van der Waals surface area contributed by atoms with Gasteiger partial charge in [0, 0.05) is 49.4 Å². The van der Waals surface area contributed by atoms with Gasteiger partial charge >= 0.3 is 0 Å². The zero-order valence-corrected chi connectivity index (χ0v) is 16.5. The Morgan fingerprint density at radius 2 is 2.05 bits per heavy atom. The molecule has 1 radical (unpaired) electrons. The van der Waals surface area contributed by atoms with Crippen molar-refractivity contribution in [3.8, 4) is 5.75 Å². The SMILES string of the molecule is C=C1NC(c2ccc(OCCOC)cc2)=[C-]CC1I.[Y]. The Kier molecular flexibility index (Phi) is 8.33. The number of alkyl halides is 1. The summed E-state index contributed by atoms with van der Waals surface area (Å²) in [4.78, 5) is 0. The van der Waals surface area contributed by atoms with E-state index in [1.54, 1.807) is 7.11 Å². The molecular weight excluding hydrogens is 442 g/mol. The van der Waals surface area contributed by atoms with Gasteiger partial charge < -0.3 is 14.8 Å². The van der Waals surface area contributed by atoms with Crippen LogP contribution in [-0.4, -0.2) is 24.2 Å². The second kappa shape index (κ2) is 9.18. The van der Waals surface area contributed by atoms with E-state index in [4.69, 9.17) is 9.47 Å². The monoisotopic (exact) mass is 459 g/mol. The molecule has 1 aliphatic rings. The van der Waals surface area contributed by atoms with Gasteiger partial charge in [-0.2, -0.15) is 5.56 Å². The van der Waals surface area contributed by atoms with Crippen LogP contribution in [0.3, 0.4) is 0 Å². The van der Waals surface area contributed by atoms with E-state index in [0.717, 1.165) is 29.1 Å². The molecule has 1 unspecified atom stereocenters. The molecule has 0 fully saturated rings. The Morgan fingerprint density at radius 1 is 1.35 bits per heavy atom. The van der Waals surface area contributed by atoms with Gasteiger partial charge in [0.05, 0.1) is 6.61 Å². The fraction of sp³-hybridized carbons (Fsp3) is 0.333. The van der Waals surface area contributed by atoms with Crippen LogP contribution in [0.4, 0.5) is 0 Å². The summed E-state index contributed by atoms with van der Waals surface area (Å²) in [6.45, 7) is 5.18. The quantitative estimate of drug-likeness (QED) is 0.318. The smallest absolute Gasteiger partial charge is 0.116 e. The van der Waals surface area contributed by atoms with Crippen LogP contribution in [0.2, 0.25) is 0 Å². The zero-order valence-electron chi connectivity index (χ0n) is 11.5. The molecule has 0 aliphatic carbocycles.